The lowest BCUT2D eigenvalue weighted by Crippen LogP contribution is -2.00. The van der Waals surface area contributed by atoms with Crippen LogP contribution in [0.15, 0.2) is 101 Å². The molecule has 0 heterocycles. The molecule has 0 fully saturated rings. The molecule has 0 amide bonds. The molecule has 4 nitrogen and oxygen atoms in total. The van der Waals surface area contributed by atoms with Crippen molar-refractivity contribution in [3.05, 3.63) is 90.8 Å². The minimum atomic E-state index is 0.599. The van der Waals surface area contributed by atoms with Gasteiger partial charge in [-0.15, -0.1) is 0 Å². The van der Waals surface area contributed by atoms with Crippen molar-refractivity contribution in [3.63, 3.8) is 0 Å². The van der Waals surface area contributed by atoms with E-state index in [1.807, 2.05) is 86.8 Å². The van der Waals surface area contributed by atoms with Crippen molar-refractivity contribution in [2.24, 2.45) is 10.2 Å². The Kier molecular flexibility index (Phi) is 6.53. The molecule has 122 valence electrons. The van der Waals surface area contributed by atoms with Gasteiger partial charge in [-0.05, 0) is 55.5 Å². The van der Waals surface area contributed by atoms with Gasteiger partial charge in [-0.2, -0.15) is 10.2 Å². The Bertz CT molecular complexity index is 741. The molecule has 4 heteroatoms. The third-order valence-electron chi connectivity index (χ3n) is 3.25. The van der Waals surface area contributed by atoms with E-state index in [9.17, 15) is 0 Å². The van der Waals surface area contributed by atoms with Crippen LogP contribution in [0.1, 0.15) is 6.92 Å². The molecule has 0 aliphatic carbocycles. The first kappa shape index (κ1) is 17.2. The summed E-state index contributed by atoms with van der Waals surface area (Å²) in [4.78, 5) is 0. The monoisotopic (exact) mass is 318 g/mol. The molecule has 0 aliphatic rings. The fraction of sp³-hybridized carbons (Fsp3) is 0.100. The summed E-state index contributed by atoms with van der Waals surface area (Å²) in [5.74, 6) is 0. The number of benzene rings is 2. The Morgan fingerprint density at radius 1 is 1.00 bits per heavy atom. The Morgan fingerprint density at radius 3 is 2.33 bits per heavy atom. The second-order valence-electron chi connectivity index (χ2n) is 5.19. The lowest BCUT2D eigenvalue weighted by atomic mass is 10.2. The molecule has 0 saturated heterocycles. The van der Waals surface area contributed by atoms with E-state index in [2.05, 4.69) is 27.4 Å². The van der Waals surface area contributed by atoms with Crippen LogP contribution in [-0.2, 0) is 0 Å². The maximum absolute atomic E-state index is 4.18. The number of azo groups is 1. The van der Waals surface area contributed by atoms with Crippen LogP contribution in [-0.4, -0.2) is 7.05 Å². The predicted octanol–water partition coefficient (Wildman–Crippen LogP) is 5.71. The summed E-state index contributed by atoms with van der Waals surface area (Å²) in [6.45, 7) is 5.84. The first-order valence-electron chi connectivity index (χ1n) is 7.73. The number of nitrogens with one attached hydrogen (secondary N) is 2. The molecular formula is C20H22N4. The first-order chi connectivity index (χ1) is 11.7. The van der Waals surface area contributed by atoms with E-state index in [0.717, 1.165) is 22.8 Å². The molecule has 0 radical (unpaired) electrons. The minimum absolute atomic E-state index is 0.599. The average Bonchev–Trinajstić information content (AvgIpc) is 2.62. The van der Waals surface area contributed by atoms with Crippen molar-refractivity contribution in [3.8, 4) is 0 Å². The third-order valence-corrected chi connectivity index (χ3v) is 3.25. The van der Waals surface area contributed by atoms with Crippen molar-refractivity contribution in [1.82, 2.24) is 5.32 Å². The molecule has 2 rings (SSSR count). The molecule has 0 atom stereocenters. The van der Waals surface area contributed by atoms with Crippen molar-refractivity contribution >= 4 is 17.1 Å². The van der Waals surface area contributed by atoms with Crippen LogP contribution in [0.25, 0.3) is 0 Å². The number of rotatable bonds is 7. The lowest BCUT2D eigenvalue weighted by Gasteiger charge is -2.05. The normalized spacial score (nSPS) is 11.8. The number of hydrogen-bond acceptors (Lipinski definition) is 4. The van der Waals surface area contributed by atoms with E-state index in [1.165, 1.54) is 0 Å². The second-order valence-corrected chi connectivity index (χ2v) is 5.19. The summed E-state index contributed by atoms with van der Waals surface area (Å²) < 4.78 is 0. The smallest absolute Gasteiger partial charge is 0.0858 e. The van der Waals surface area contributed by atoms with Crippen LogP contribution < -0.4 is 10.6 Å². The van der Waals surface area contributed by atoms with Gasteiger partial charge >= 0.3 is 0 Å². The lowest BCUT2D eigenvalue weighted by molar-refractivity contribution is 0.990. The molecular weight excluding hydrogens is 296 g/mol. The van der Waals surface area contributed by atoms with Gasteiger partial charge < -0.3 is 10.6 Å². The third kappa shape index (κ3) is 5.93. The summed E-state index contributed by atoms with van der Waals surface area (Å²) in [6, 6.07) is 17.8. The molecule has 0 aromatic heterocycles. The predicted molar refractivity (Wildman–Crippen MR) is 102 cm³/mol. The van der Waals surface area contributed by atoms with E-state index in [1.54, 1.807) is 0 Å². The Morgan fingerprint density at radius 2 is 1.67 bits per heavy atom. The Balaban J connectivity index is 1.92. The van der Waals surface area contributed by atoms with Crippen molar-refractivity contribution in [2.45, 2.75) is 6.92 Å². The first-order valence-corrected chi connectivity index (χ1v) is 7.73. The molecule has 0 aliphatic heterocycles. The maximum atomic E-state index is 4.18. The van der Waals surface area contributed by atoms with Gasteiger partial charge in [-0.25, -0.2) is 0 Å². The quantitative estimate of drug-likeness (QED) is 0.507. The van der Waals surface area contributed by atoms with Crippen LogP contribution >= 0.6 is 0 Å². The van der Waals surface area contributed by atoms with E-state index in [4.69, 9.17) is 0 Å². The number of allylic oxidation sites excluding steroid dienone is 4. The van der Waals surface area contributed by atoms with Gasteiger partial charge in [0.15, 0.2) is 0 Å². The molecule has 2 aromatic carbocycles. The van der Waals surface area contributed by atoms with Crippen molar-refractivity contribution < 1.29 is 0 Å². The molecule has 2 N–H and O–H groups in total. The van der Waals surface area contributed by atoms with E-state index < -0.39 is 0 Å². The number of nitrogens with zero attached hydrogens (tertiary/aromatic N) is 2. The standard InChI is InChI=1S/C20H22N4/c1-16(21-3)8-7-9-17(2)23-24-20-14-12-19(13-15-20)22-18-10-5-4-6-11-18/h4-15,21-22H,2H2,1,3H3/b9-7-,16-8-,24-23?. The largest absolute Gasteiger partial charge is 0.392 e. The van der Waals surface area contributed by atoms with Gasteiger partial charge in [0.25, 0.3) is 0 Å². The van der Waals surface area contributed by atoms with Gasteiger partial charge in [-0.1, -0.05) is 30.9 Å². The molecule has 0 bridgehead atoms. The molecule has 0 spiro atoms. The second kappa shape index (κ2) is 9.10. The zero-order chi connectivity index (χ0) is 17.2. The highest BCUT2D eigenvalue weighted by Gasteiger charge is 1.94. The van der Waals surface area contributed by atoms with Crippen LogP contribution in [0.5, 0.6) is 0 Å². The Hall–Kier alpha value is -3.14. The Labute approximate surface area is 143 Å². The van der Waals surface area contributed by atoms with Crippen LogP contribution in [0.3, 0.4) is 0 Å². The summed E-state index contributed by atoms with van der Waals surface area (Å²) in [5.41, 5.74) is 4.51. The summed E-state index contributed by atoms with van der Waals surface area (Å²) in [5, 5.41) is 14.7. The summed E-state index contributed by atoms with van der Waals surface area (Å²) >= 11 is 0. The van der Waals surface area contributed by atoms with Crippen LogP contribution in [0.4, 0.5) is 17.1 Å². The highest BCUT2D eigenvalue weighted by molar-refractivity contribution is 5.61. The van der Waals surface area contributed by atoms with Gasteiger partial charge in [0.05, 0.1) is 11.4 Å². The van der Waals surface area contributed by atoms with Gasteiger partial charge in [0, 0.05) is 24.1 Å². The highest BCUT2D eigenvalue weighted by atomic mass is 15.1. The maximum Gasteiger partial charge on any atom is 0.0858 e. The minimum Gasteiger partial charge on any atom is -0.392 e. The molecule has 24 heavy (non-hydrogen) atoms. The van der Waals surface area contributed by atoms with Crippen LogP contribution in [0, 0.1) is 0 Å². The van der Waals surface area contributed by atoms with E-state index in [0.29, 0.717) is 5.70 Å². The summed E-state index contributed by atoms with van der Waals surface area (Å²) in [7, 11) is 1.88. The van der Waals surface area contributed by atoms with E-state index in [-0.39, 0.29) is 0 Å². The average molecular weight is 318 g/mol. The fourth-order valence-corrected chi connectivity index (χ4v) is 1.84. The van der Waals surface area contributed by atoms with Gasteiger partial charge in [0.2, 0.25) is 0 Å². The summed E-state index contributed by atoms with van der Waals surface area (Å²) in [6.07, 6.45) is 5.65. The van der Waals surface area contributed by atoms with Crippen molar-refractivity contribution in [2.75, 3.05) is 12.4 Å². The topological polar surface area (TPSA) is 48.8 Å². The SMILES string of the molecule is C=C(/C=C\C=C(\C)NC)N=Nc1ccc(Nc2ccccc2)cc1. The highest BCUT2D eigenvalue weighted by Crippen LogP contribution is 2.20. The number of para-hydroxylation sites is 1. The fourth-order valence-electron chi connectivity index (χ4n) is 1.84. The number of hydrogen-bond donors (Lipinski definition) is 2. The number of anilines is 2. The zero-order valence-electron chi connectivity index (χ0n) is 14.0. The van der Waals surface area contributed by atoms with Gasteiger partial charge in [0.1, 0.15) is 0 Å². The molecule has 0 unspecified atom stereocenters. The molecule has 2 aromatic rings. The zero-order valence-corrected chi connectivity index (χ0v) is 14.0. The van der Waals surface area contributed by atoms with Gasteiger partial charge in [-0.3, -0.25) is 0 Å². The van der Waals surface area contributed by atoms with Crippen molar-refractivity contribution in [1.29, 1.82) is 0 Å². The molecule has 0 saturated carbocycles. The van der Waals surface area contributed by atoms with E-state index >= 15 is 0 Å². The van der Waals surface area contributed by atoms with Crippen LogP contribution in [0.2, 0.25) is 0 Å².